The zero-order valence-electron chi connectivity index (χ0n) is 17.3. The van der Waals surface area contributed by atoms with Gasteiger partial charge in [-0.25, -0.2) is 4.79 Å². The number of hydrogen-bond acceptors (Lipinski definition) is 3. The number of fused-ring (bicyclic) bond motifs is 1. The van der Waals surface area contributed by atoms with Gasteiger partial charge in [0.15, 0.2) is 0 Å². The molecule has 0 bridgehead atoms. The maximum absolute atomic E-state index is 12.9. The van der Waals surface area contributed by atoms with Crippen LogP contribution in [-0.2, 0) is 11.2 Å². The van der Waals surface area contributed by atoms with Crippen molar-refractivity contribution >= 4 is 11.9 Å². The van der Waals surface area contributed by atoms with Crippen LogP contribution in [0.25, 0.3) is 0 Å². The van der Waals surface area contributed by atoms with Gasteiger partial charge in [-0.3, -0.25) is 9.78 Å². The van der Waals surface area contributed by atoms with Crippen molar-refractivity contribution in [3.8, 4) is 0 Å². The van der Waals surface area contributed by atoms with Crippen LogP contribution in [0.3, 0.4) is 0 Å². The summed E-state index contributed by atoms with van der Waals surface area (Å²) in [5, 5.41) is 0. The Bertz CT molecular complexity index is 899. The van der Waals surface area contributed by atoms with Gasteiger partial charge >= 0.3 is 6.03 Å². The third-order valence-electron chi connectivity index (χ3n) is 6.21. The lowest BCUT2D eigenvalue weighted by Gasteiger charge is -2.32. The molecule has 2 aliphatic heterocycles. The summed E-state index contributed by atoms with van der Waals surface area (Å²) in [6.07, 6.45) is 2.05. The van der Waals surface area contributed by atoms with Crippen molar-refractivity contribution in [3.63, 3.8) is 0 Å². The molecule has 4 rings (SSSR count). The van der Waals surface area contributed by atoms with Gasteiger partial charge in [-0.1, -0.05) is 30.3 Å². The maximum atomic E-state index is 12.9. The first-order chi connectivity index (χ1) is 14.0. The normalized spacial score (nSPS) is 23.2. The van der Waals surface area contributed by atoms with Crippen molar-refractivity contribution in [2.24, 2.45) is 11.8 Å². The third-order valence-corrected chi connectivity index (χ3v) is 6.21. The molecule has 2 saturated heterocycles. The fraction of sp³-hybridized carbons (Fsp3) is 0.435. The minimum Gasteiger partial charge on any atom is -0.342 e. The van der Waals surface area contributed by atoms with E-state index in [2.05, 4.69) is 24.0 Å². The molecule has 0 radical (unpaired) electrons. The predicted molar refractivity (Wildman–Crippen MR) is 111 cm³/mol. The fourth-order valence-electron chi connectivity index (χ4n) is 4.79. The molecule has 6 nitrogen and oxygen atoms in total. The summed E-state index contributed by atoms with van der Waals surface area (Å²) in [6.45, 7) is 4.18. The molecule has 0 unspecified atom stereocenters. The number of hydrogen-bond donors (Lipinski definition) is 0. The average molecular weight is 393 g/mol. The highest BCUT2D eigenvalue weighted by Crippen LogP contribution is 2.46. The van der Waals surface area contributed by atoms with Crippen LogP contribution in [0.15, 0.2) is 48.7 Å². The predicted octanol–water partition coefficient (Wildman–Crippen LogP) is 2.75. The molecule has 3 atom stereocenters. The zero-order valence-corrected chi connectivity index (χ0v) is 17.3. The molecule has 3 heterocycles. The van der Waals surface area contributed by atoms with Crippen LogP contribution in [-0.4, -0.2) is 65.4 Å². The van der Waals surface area contributed by atoms with Gasteiger partial charge in [0.25, 0.3) is 0 Å². The molecule has 1 aromatic heterocycles. The van der Waals surface area contributed by atoms with Gasteiger partial charge in [-0.15, -0.1) is 0 Å². The van der Waals surface area contributed by atoms with Crippen molar-refractivity contribution < 1.29 is 9.59 Å². The summed E-state index contributed by atoms with van der Waals surface area (Å²) in [7, 11) is 3.60. The van der Waals surface area contributed by atoms with Crippen molar-refractivity contribution in [2.45, 2.75) is 19.4 Å². The largest absolute Gasteiger partial charge is 0.342 e. The Morgan fingerprint density at radius 3 is 2.52 bits per heavy atom. The van der Waals surface area contributed by atoms with Crippen LogP contribution in [0, 0.1) is 18.8 Å². The molecule has 0 aliphatic carbocycles. The van der Waals surface area contributed by atoms with E-state index in [-0.39, 0.29) is 23.9 Å². The van der Waals surface area contributed by atoms with Crippen molar-refractivity contribution in [3.05, 3.63) is 65.5 Å². The lowest BCUT2D eigenvalue weighted by atomic mass is 9.88. The Labute approximate surface area is 172 Å². The van der Waals surface area contributed by atoms with E-state index in [1.54, 1.807) is 25.2 Å². The van der Waals surface area contributed by atoms with E-state index in [0.717, 1.165) is 5.69 Å². The Morgan fingerprint density at radius 1 is 1.07 bits per heavy atom. The number of rotatable bonds is 3. The van der Waals surface area contributed by atoms with Gasteiger partial charge in [0.2, 0.25) is 5.91 Å². The number of nitrogens with zero attached hydrogens (tertiary/aromatic N) is 4. The van der Waals surface area contributed by atoms with E-state index < -0.39 is 0 Å². The second-order valence-corrected chi connectivity index (χ2v) is 8.35. The smallest absolute Gasteiger partial charge is 0.320 e. The van der Waals surface area contributed by atoms with Crippen LogP contribution in [0.5, 0.6) is 0 Å². The molecule has 3 amide bonds. The van der Waals surface area contributed by atoms with Gasteiger partial charge in [0, 0.05) is 57.5 Å². The first kappa shape index (κ1) is 19.4. The monoisotopic (exact) mass is 392 g/mol. The fourth-order valence-corrected chi connectivity index (χ4v) is 4.79. The van der Waals surface area contributed by atoms with Gasteiger partial charge in [-0.2, -0.15) is 0 Å². The summed E-state index contributed by atoms with van der Waals surface area (Å²) < 4.78 is 0. The number of benzene rings is 1. The highest BCUT2D eigenvalue weighted by Gasteiger charge is 2.50. The number of likely N-dealkylation sites (tertiary alicyclic amines) is 2. The quantitative estimate of drug-likeness (QED) is 0.807. The molecule has 0 saturated carbocycles. The first-order valence-electron chi connectivity index (χ1n) is 10.2. The second kappa shape index (κ2) is 7.85. The summed E-state index contributed by atoms with van der Waals surface area (Å²) in [4.78, 5) is 35.7. The molecule has 0 spiro atoms. The number of pyridine rings is 1. The number of carbonyl (C=O) groups is 2. The van der Waals surface area contributed by atoms with E-state index in [9.17, 15) is 9.59 Å². The van der Waals surface area contributed by atoms with Crippen LogP contribution in [0.2, 0.25) is 0 Å². The van der Waals surface area contributed by atoms with Crippen molar-refractivity contribution in [2.75, 3.05) is 33.7 Å². The van der Waals surface area contributed by atoms with Gasteiger partial charge in [0.05, 0.1) is 12.5 Å². The number of urea groups is 1. The first-order valence-corrected chi connectivity index (χ1v) is 10.2. The Morgan fingerprint density at radius 2 is 1.83 bits per heavy atom. The summed E-state index contributed by atoms with van der Waals surface area (Å²) >= 11 is 0. The molecule has 1 aromatic carbocycles. The average Bonchev–Trinajstić information content (AvgIpc) is 3.27. The number of aryl methyl sites for hydroxylation is 1. The van der Waals surface area contributed by atoms with E-state index in [1.807, 2.05) is 40.1 Å². The number of amides is 3. The molecule has 29 heavy (non-hydrogen) atoms. The maximum Gasteiger partial charge on any atom is 0.320 e. The van der Waals surface area contributed by atoms with Crippen LogP contribution in [0.1, 0.15) is 22.9 Å². The zero-order chi connectivity index (χ0) is 20.5. The Balaban J connectivity index is 1.56. The molecular weight excluding hydrogens is 364 g/mol. The molecule has 2 aliphatic rings. The summed E-state index contributed by atoms with van der Waals surface area (Å²) in [5.41, 5.74) is 3.18. The number of aromatic nitrogens is 1. The van der Waals surface area contributed by atoms with Crippen LogP contribution in [0.4, 0.5) is 4.79 Å². The molecule has 6 heteroatoms. The van der Waals surface area contributed by atoms with Gasteiger partial charge < -0.3 is 14.7 Å². The Kier molecular flexibility index (Phi) is 5.26. The lowest BCUT2D eigenvalue weighted by molar-refractivity contribution is -0.129. The van der Waals surface area contributed by atoms with E-state index in [1.165, 1.54) is 11.1 Å². The minimum absolute atomic E-state index is 0.00347. The second-order valence-electron chi connectivity index (χ2n) is 8.35. The summed E-state index contributed by atoms with van der Waals surface area (Å²) in [5.74, 6) is 0.677. The van der Waals surface area contributed by atoms with E-state index >= 15 is 0 Å². The molecular formula is C23H28N4O2. The molecule has 2 aromatic rings. The van der Waals surface area contributed by atoms with E-state index in [4.69, 9.17) is 0 Å². The third kappa shape index (κ3) is 3.71. The highest BCUT2D eigenvalue weighted by atomic mass is 16.2. The van der Waals surface area contributed by atoms with Gasteiger partial charge in [0.1, 0.15) is 0 Å². The van der Waals surface area contributed by atoms with E-state index in [0.29, 0.717) is 32.0 Å². The topological polar surface area (TPSA) is 56.8 Å². The summed E-state index contributed by atoms with van der Waals surface area (Å²) in [6, 6.07) is 14.0. The molecule has 2 fully saturated rings. The Hall–Kier alpha value is -2.89. The molecule has 152 valence electrons. The SMILES string of the molecule is Cc1ccccc1[C@H]1[C@@H]2CN(C(=O)Cc3ccccn3)C[C@@H]2CN1C(=O)N(C)C. The van der Waals surface area contributed by atoms with Crippen molar-refractivity contribution in [1.29, 1.82) is 0 Å². The minimum atomic E-state index is 0.00347. The van der Waals surface area contributed by atoms with Crippen LogP contribution < -0.4 is 0 Å². The molecule has 0 N–H and O–H groups in total. The highest BCUT2D eigenvalue weighted by molar-refractivity contribution is 5.79. The standard InChI is InChI=1S/C23H28N4O2/c1-16-8-4-5-10-19(16)22-20-15-26(21(28)12-18-9-6-7-11-24-18)13-17(20)14-27(22)23(29)25(2)3/h4-11,17,20,22H,12-15H2,1-3H3/t17-,20-,22+/m1/s1. The van der Waals surface area contributed by atoms with Crippen molar-refractivity contribution in [1.82, 2.24) is 19.7 Å². The van der Waals surface area contributed by atoms with Gasteiger partial charge in [-0.05, 0) is 30.2 Å². The van der Waals surface area contributed by atoms with Crippen LogP contribution >= 0.6 is 0 Å². The lowest BCUT2D eigenvalue weighted by Crippen LogP contribution is -2.42. The number of carbonyl (C=O) groups excluding carboxylic acids is 2.